The lowest BCUT2D eigenvalue weighted by atomic mass is 9.80. The normalized spacial score (nSPS) is 22.4. The van der Waals surface area contributed by atoms with E-state index in [1.54, 1.807) is 6.08 Å². The van der Waals surface area contributed by atoms with Crippen LogP contribution in [-0.2, 0) is 4.74 Å². The van der Waals surface area contributed by atoms with Gasteiger partial charge in [-0.3, -0.25) is 0 Å². The van der Waals surface area contributed by atoms with Crippen LogP contribution in [0.25, 0.3) is 0 Å². The predicted octanol–water partition coefficient (Wildman–Crippen LogP) is 1.05. The molecule has 6 heteroatoms. The van der Waals surface area contributed by atoms with Gasteiger partial charge in [0.05, 0.1) is 24.9 Å². The Labute approximate surface area is 126 Å². The highest BCUT2D eigenvalue weighted by Gasteiger charge is 2.35. The summed E-state index contributed by atoms with van der Waals surface area (Å²) in [6.07, 6.45) is 3.01. The number of aromatic amines is 1. The fourth-order valence-corrected chi connectivity index (χ4v) is 3.50. The van der Waals surface area contributed by atoms with E-state index in [-0.39, 0.29) is 17.8 Å². The van der Waals surface area contributed by atoms with Crippen LogP contribution in [0.5, 0.6) is 0 Å². The third-order valence-electron chi connectivity index (χ3n) is 3.85. The van der Waals surface area contributed by atoms with E-state index in [0.29, 0.717) is 11.3 Å². The molecule has 0 bridgehead atoms. The monoisotopic (exact) mass is 343 g/mol. The van der Waals surface area contributed by atoms with Crippen molar-refractivity contribution in [2.75, 3.05) is 19.0 Å². The van der Waals surface area contributed by atoms with Gasteiger partial charge in [0, 0.05) is 22.9 Å². The van der Waals surface area contributed by atoms with Crippen LogP contribution < -0.4 is 5.73 Å². The highest BCUT2D eigenvalue weighted by Crippen LogP contribution is 2.40. The average molecular weight is 344 g/mol. The summed E-state index contributed by atoms with van der Waals surface area (Å²) in [4.78, 5) is 15.2. The number of carbonyl (C=O) groups excluding carboxylic acids is 1. The Bertz CT molecular complexity index is 535. The summed E-state index contributed by atoms with van der Waals surface area (Å²) in [6.45, 7) is 2.56. The van der Waals surface area contributed by atoms with Crippen molar-refractivity contribution < 1.29 is 20.4 Å². The predicted molar refractivity (Wildman–Crippen MR) is 78.7 cm³/mol. The number of aliphatic hydroxyl groups excluding tert-OH is 1. The number of aliphatic hydroxyl groups is 1. The van der Waals surface area contributed by atoms with Crippen molar-refractivity contribution in [1.29, 1.82) is 0 Å². The summed E-state index contributed by atoms with van der Waals surface area (Å²) in [5.41, 5.74) is 6.77. The summed E-state index contributed by atoms with van der Waals surface area (Å²) in [7, 11) is 1.37. The van der Waals surface area contributed by atoms with Crippen LogP contribution in [0.1, 0.15) is 39.3 Å². The highest BCUT2D eigenvalue weighted by atomic mass is 79.9. The van der Waals surface area contributed by atoms with Gasteiger partial charge in [0.1, 0.15) is 6.10 Å². The Morgan fingerprint density at radius 1 is 1.60 bits per heavy atom. The number of rotatable bonds is 4. The molecule has 5 nitrogen and oxygen atoms in total. The first kappa shape index (κ1) is 15.3. The highest BCUT2D eigenvalue weighted by molar-refractivity contribution is 9.09. The van der Waals surface area contributed by atoms with Crippen molar-refractivity contribution in [1.82, 2.24) is 4.98 Å². The van der Waals surface area contributed by atoms with Crippen LogP contribution in [0.15, 0.2) is 12.2 Å². The van der Waals surface area contributed by atoms with E-state index in [1.807, 2.05) is 13.0 Å². The largest absolute Gasteiger partial charge is 0.465 e. The Morgan fingerprint density at radius 2 is 2.30 bits per heavy atom. The molecular formula is C14H20BrN2O3+. The first-order chi connectivity index (χ1) is 9.54. The molecule has 1 aromatic rings. The molecule has 0 spiro atoms. The minimum atomic E-state index is -0.709. The maximum absolute atomic E-state index is 12.0. The lowest BCUT2D eigenvalue weighted by Crippen LogP contribution is -2.55. The molecule has 0 radical (unpaired) electrons. The topological polar surface area (TPSA) is 90.0 Å². The molecule has 2 unspecified atom stereocenters. The summed E-state index contributed by atoms with van der Waals surface area (Å²) >= 11 is 3.50. The lowest BCUT2D eigenvalue weighted by molar-refractivity contribution is -0.378. The van der Waals surface area contributed by atoms with E-state index in [9.17, 15) is 9.90 Å². The summed E-state index contributed by atoms with van der Waals surface area (Å²) in [5, 5.41) is 10.9. The summed E-state index contributed by atoms with van der Waals surface area (Å²) in [5.74, 6) is -0.0645. The molecule has 3 atom stereocenters. The average Bonchev–Trinajstić information content (AvgIpc) is 2.80. The molecule has 0 aromatic carbocycles. The van der Waals surface area contributed by atoms with Gasteiger partial charge in [-0.05, 0) is 12.5 Å². The second-order valence-electron chi connectivity index (χ2n) is 5.00. The number of allylic oxidation sites excluding steroid dienone is 1. The molecule has 20 heavy (non-hydrogen) atoms. The zero-order chi connectivity index (χ0) is 14.9. The van der Waals surface area contributed by atoms with Gasteiger partial charge in [-0.1, -0.05) is 28.1 Å². The number of halogens is 1. The Kier molecular flexibility index (Phi) is 4.67. The number of esters is 1. The number of alkyl halides is 1. The summed E-state index contributed by atoms with van der Waals surface area (Å²) < 4.78 is 4.88. The number of carbonyl (C=O) groups is 1. The zero-order valence-corrected chi connectivity index (χ0v) is 13.2. The van der Waals surface area contributed by atoms with Crippen LogP contribution in [0.2, 0.25) is 0 Å². The fraction of sp³-hybridized carbons (Fsp3) is 0.500. The molecule has 0 amide bonds. The van der Waals surface area contributed by atoms with Crippen molar-refractivity contribution in [3.8, 4) is 0 Å². The Morgan fingerprint density at radius 3 is 2.85 bits per heavy atom. The van der Waals surface area contributed by atoms with E-state index in [4.69, 9.17) is 4.74 Å². The van der Waals surface area contributed by atoms with E-state index < -0.39 is 6.10 Å². The molecule has 1 aliphatic carbocycles. The second kappa shape index (κ2) is 6.11. The number of hydrogen-bond acceptors (Lipinski definition) is 3. The Hall–Kier alpha value is -1.11. The van der Waals surface area contributed by atoms with Crippen molar-refractivity contribution in [3.05, 3.63) is 34.7 Å². The van der Waals surface area contributed by atoms with Crippen molar-refractivity contribution in [2.24, 2.45) is 5.92 Å². The molecular weight excluding hydrogens is 324 g/mol. The van der Waals surface area contributed by atoms with Gasteiger partial charge in [0.2, 0.25) is 0 Å². The van der Waals surface area contributed by atoms with Crippen LogP contribution in [-0.4, -0.2) is 35.0 Å². The van der Waals surface area contributed by atoms with E-state index in [2.05, 4.69) is 26.6 Å². The van der Waals surface area contributed by atoms with Crippen LogP contribution in [0.3, 0.4) is 0 Å². The van der Waals surface area contributed by atoms with E-state index >= 15 is 0 Å². The van der Waals surface area contributed by atoms with Crippen molar-refractivity contribution >= 4 is 21.9 Å². The van der Waals surface area contributed by atoms with Gasteiger partial charge in [-0.25, -0.2) is 4.79 Å². The van der Waals surface area contributed by atoms with Gasteiger partial charge < -0.3 is 20.6 Å². The molecule has 0 saturated carbocycles. The number of aromatic nitrogens is 1. The van der Waals surface area contributed by atoms with Crippen LogP contribution in [0, 0.1) is 12.8 Å². The van der Waals surface area contributed by atoms with E-state index in [1.165, 1.54) is 7.11 Å². The minimum Gasteiger partial charge on any atom is -0.465 e. The van der Waals surface area contributed by atoms with Crippen molar-refractivity contribution in [3.63, 3.8) is 0 Å². The molecule has 5 N–H and O–H groups in total. The number of hydrogen-bond donors (Lipinski definition) is 3. The van der Waals surface area contributed by atoms with Gasteiger partial charge in [-0.2, -0.15) is 0 Å². The zero-order valence-electron chi connectivity index (χ0n) is 11.6. The molecule has 0 fully saturated rings. The van der Waals surface area contributed by atoms with Crippen molar-refractivity contribution in [2.45, 2.75) is 18.9 Å². The number of ether oxygens (including phenoxy) is 1. The molecule has 2 rings (SSSR count). The molecule has 0 aliphatic heterocycles. The minimum absolute atomic E-state index is 0.0457. The molecule has 0 saturated heterocycles. The standard InChI is InChI=1S/C14H19BrN2O3/c1-7-11(14(19)20-2)12-9(8(5-15)6-16)3-4-10(18)13(12)17-7/h3-4,8-10,17-18H,5-6,16H2,1-2H3/p+1/t8-,9?,10?/m1/s1. The van der Waals surface area contributed by atoms with E-state index in [0.717, 1.165) is 23.1 Å². The second-order valence-corrected chi connectivity index (χ2v) is 5.65. The number of quaternary nitrogens is 1. The maximum Gasteiger partial charge on any atom is 0.339 e. The van der Waals surface area contributed by atoms with Crippen LogP contribution >= 0.6 is 15.9 Å². The van der Waals surface area contributed by atoms with Gasteiger partial charge in [0.25, 0.3) is 0 Å². The SMILES string of the molecule is COC(=O)c1c(C)[nH]c2c1C([C@@H](C[NH3+])CBr)C=CC2O. The summed E-state index contributed by atoms with van der Waals surface area (Å²) in [6, 6.07) is 0. The molecule has 1 aliphatic rings. The smallest absolute Gasteiger partial charge is 0.339 e. The number of aryl methyl sites for hydroxylation is 1. The third-order valence-corrected chi connectivity index (χ3v) is 4.68. The Balaban J connectivity index is 2.58. The van der Waals surface area contributed by atoms with Gasteiger partial charge in [0.15, 0.2) is 0 Å². The lowest BCUT2D eigenvalue weighted by Gasteiger charge is -2.26. The molecule has 1 heterocycles. The first-order valence-electron chi connectivity index (χ1n) is 6.57. The molecule has 110 valence electrons. The quantitative estimate of drug-likeness (QED) is 0.433. The fourth-order valence-electron chi connectivity index (χ4n) is 2.78. The third kappa shape index (κ3) is 2.43. The number of methoxy groups -OCH3 is 1. The first-order valence-corrected chi connectivity index (χ1v) is 7.69. The maximum atomic E-state index is 12.0. The van der Waals surface area contributed by atoms with Crippen LogP contribution in [0.4, 0.5) is 0 Å². The number of nitrogens with one attached hydrogen (secondary N) is 1. The number of fused-ring (bicyclic) bond motifs is 1. The number of H-pyrrole nitrogens is 1. The van der Waals surface area contributed by atoms with Gasteiger partial charge in [-0.15, -0.1) is 0 Å². The van der Waals surface area contributed by atoms with Gasteiger partial charge >= 0.3 is 5.97 Å². The molecule has 1 aromatic heterocycles.